The lowest BCUT2D eigenvalue weighted by molar-refractivity contribution is 0.476. The highest BCUT2D eigenvalue weighted by Crippen LogP contribution is 2.31. The molecule has 106 valence electrons. The number of pyridine rings is 1. The van der Waals surface area contributed by atoms with E-state index in [0.717, 1.165) is 5.65 Å². The molecule has 3 rings (SSSR count). The summed E-state index contributed by atoms with van der Waals surface area (Å²) >= 11 is 11.9. The second-order valence-electron chi connectivity index (χ2n) is 4.43. The van der Waals surface area contributed by atoms with Gasteiger partial charge < -0.3 is 5.11 Å². The molecule has 0 bridgehead atoms. The molecular weight excluding hydrogens is 311 g/mol. The SMILES string of the molecule is Cc1nc2ccc(Cl)cn2c1N=Nc1cc(Cl)ccc1O. The standard InChI is InChI=1S/C14H10Cl2N4O/c1-8-14(20-7-10(16)3-5-13(20)17-8)19-18-11-6-9(15)2-4-12(11)21/h2-7,21H,1H3. The lowest BCUT2D eigenvalue weighted by atomic mass is 10.3. The monoisotopic (exact) mass is 320 g/mol. The third kappa shape index (κ3) is 2.70. The number of aromatic hydroxyl groups is 1. The molecule has 0 unspecified atom stereocenters. The summed E-state index contributed by atoms with van der Waals surface area (Å²) in [6.45, 7) is 1.83. The Kier molecular flexibility index (Phi) is 3.53. The molecule has 0 aliphatic heterocycles. The normalized spacial score (nSPS) is 11.6. The van der Waals surface area contributed by atoms with Crippen LogP contribution < -0.4 is 0 Å². The molecule has 5 nitrogen and oxygen atoms in total. The van der Waals surface area contributed by atoms with Gasteiger partial charge >= 0.3 is 0 Å². The number of imidazole rings is 1. The zero-order valence-electron chi connectivity index (χ0n) is 11.0. The van der Waals surface area contributed by atoms with Crippen molar-refractivity contribution in [2.75, 3.05) is 0 Å². The first-order valence-electron chi connectivity index (χ1n) is 6.09. The Bertz CT molecular complexity index is 858. The van der Waals surface area contributed by atoms with E-state index >= 15 is 0 Å². The summed E-state index contributed by atoms with van der Waals surface area (Å²) in [4.78, 5) is 4.37. The van der Waals surface area contributed by atoms with Crippen LogP contribution in [-0.4, -0.2) is 14.5 Å². The van der Waals surface area contributed by atoms with Gasteiger partial charge in [0.1, 0.15) is 17.1 Å². The van der Waals surface area contributed by atoms with Crippen molar-refractivity contribution in [1.82, 2.24) is 9.38 Å². The molecule has 0 radical (unpaired) electrons. The van der Waals surface area contributed by atoms with Crippen LogP contribution in [0.5, 0.6) is 5.75 Å². The van der Waals surface area contributed by atoms with E-state index < -0.39 is 0 Å². The number of azo groups is 1. The van der Waals surface area contributed by atoms with Crippen molar-refractivity contribution in [2.45, 2.75) is 6.92 Å². The quantitative estimate of drug-likeness (QED) is 0.670. The van der Waals surface area contributed by atoms with Crippen molar-refractivity contribution >= 4 is 40.4 Å². The summed E-state index contributed by atoms with van der Waals surface area (Å²) in [6, 6.07) is 8.13. The minimum atomic E-state index is 0.00709. The van der Waals surface area contributed by atoms with Crippen molar-refractivity contribution in [3.05, 3.63) is 52.3 Å². The van der Waals surface area contributed by atoms with Gasteiger partial charge in [-0.2, -0.15) is 0 Å². The van der Waals surface area contributed by atoms with Crippen LogP contribution in [0.25, 0.3) is 5.65 Å². The average molecular weight is 321 g/mol. The molecule has 0 fully saturated rings. The first-order valence-corrected chi connectivity index (χ1v) is 6.84. The molecule has 0 aliphatic rings. The summed E-state index contributed by atoms with van der Waals surface area (Å²) in [7, 11) is 0. The fourth-order valence-electron chi connectivity index (χ4n) is 1.92. The van der Waals surface area contributed by atoms with E-state index in [9.17, 15) is 5.11 Å². The molecule has 0 saturated carbocycles. The van der Waals surface area contributed by atoms with Gasteiger partial charge in [-0.3, -0.25) is 4.40 Å². The maximum absolute atomic E-state index is 9.73. The molecule has 1 N–H and O–H groups in total. The van der Waals surface area contributed by atoms with Gasteiger partial charge in [0, 0.05) is 11.2 Å². The number of fused-ring (bicyclic) bond motifs is 1. The third-order valence-electron chi connectivity index (χ3n) is 2.91. The van der Waals surface area contributed by atoms with Gasteiger partial charge in [-0.05, 0) is 37.3 Å². The maximum Gasteiger partial charge on any atom is 0.182 e. The van der Waals surface area contributed by atoms with Crippen LogP contribution in [0.2, 0.25) is 10.0 Å². The molecular formula is C14H10Cl2N4O. The molecule has 0 atom stereocenters. The van der Waals surface area contributed by atoms with Crippen molar-refractivity contribution in [1.29, 1.82) is 0 Å². The number of rotatable bonds is 2. The zero-order chi connectivity index (χ0) is 15.0. The smallest absolute Gasteiger partial charge is 0.182 e. The van der Waals surface area contributed by atoms with Gasteiger partial charge in [-0.1, -0.05) is 23.2 Å². The van der Waals surface area contributed by atoms with Crippen LogP contribution in [0.15, 0.2) is 46.8 Å². The van der Waals surface area contributed by atoms with Crippen molar-refractivity contribution < 1.29 is 5.11 Å². The van der Waals surface area contributed by atoms with Crippen LogP contribution in [0, 0.1) is 6.92 Å². The fraction of sp³-hybridized carbons (Fsp3) is 0.0714. The summed E-state index contributed by atoms with van der Waals surface area (Å²) in [5.41, 5.74) is 1.72. The number of benzene rings is 1. The second kappa shape index (κ2) is 5.35. The first kappa shape index (κ1) is 13.9. The largest absolute Gasteiger partial charge is 0.506 e. The topological polar surface area (TPSA) is 62.2 Å². The van der Waals surface area contributed by atoms with Crippen molar-refractivity contribution in [3.63, 3.8) is 0 Å². The van der Waals surface area contributed by atoms with Crippen LogP contribution in [0.3, 0.4) is 0 Å². The number of phenols is 1. The van der Waals surface area contributed by atoms with Gasteiger partial charge in [0.05, 0.1) is 10.7 Å². The van der Waals surface area contributed by atoms with E-state index in [1.165, 1.54) is 12.1 Å². The zero-order valence-corrected chi connectivity index (χ0v) is 12.5. The molecule has 3 aromatic rings. The van der Waals surface area contributed by atoms with Crippen LogP contribution in [-0.2, 0) is 0 Å². The number of halogens is 2. The highest BCUT2D eigenvalue weighted by Gasteiger charge is 2.09. The summed E-state index contributed by atoms with van der Waals surface area (Å²) in [5.74, 6) is 0.555. The lowest BCUT2D eigenvalue weighted by Gasteiger charge is -1.99. The van der Waals surface area contributed by atoms with E-state index in [1.54, 1.807) is 28.8 Å². The predicted octanol–water partition coefficient (Wildman–Crippen LogP) is 5.07. The predicted molar refractivity (Wildman–Crippen MR) is 82.2 cm³/mol. The van der Waals surface area contributed by atoms with E-state index in [2.05, 4.69) is 15.2 Å². The van der Waals surface area contributed by atoms with Crippen molar-refractivity contribution in [3.8, 4) is 5.75 Å². The number of aryl methyl sites for hydroxylation is 1. The molecule has 0 aliphatic carbocycles. The molecule has 7 heteroatoms. The van der Waals surface area contributed by atoms with Crippen LogP contribution in [0.4, 0.5) is 11.5 Å². The lowest BCUT2D eigenvalue weighted by Crippen LogP contribution is -1.82. The fourth-order valence-corrected chi connectivity index (χ4v) is 2.25. The number of hydrogen-bond donors (Lipinski definition) is 1. The molecule has 2 aromatic heterocycles. The van der Waals surface area contributed by atoms with Crippen LogP contribution in [0.1, 0.15) is 5.69 Å². The number of phenolic OH excluding ortho intramolecular Hbond substituents is 1. The Morgan fingerprint density at radius 3 is 2.67 bits per heavy atom. The van der Waals surface area contributed by atoms with Gasteiger partial charge in [-0.15, -0.1) is 10.2 Å². The van der Waals surface area contributed by atoms with Crippen LogP contribution >= 0.6 is 23.2 Å². The van der Waals surface area contributed by atoms with Gasteiger partial charge in [-0.25, -0.2) is 4.98 Å². The van der Waals surface area contributed by atoms with Gasteiger partial charge in [0.15, 0.2) is 5.82 Å². The highest BCUT2D eigenvalue weighted by molar-refractivity contribution is 6.31. The number of aromatic nitrogens is 2. The second-order valence-corrected chi connectivity index (χ2v) is 5.30. The highest BCUT2D eigenvalue weighted by atomic mass is 35.5. The Morgan fingerprint density at radius 1 is 1.10 bits per heavy atom. The summed E-state index contributed by atoms with van der Waals surface area (Å²) in [5, 5.41) is 19.0. The van der Waals surface area contributed by atoms with Crippen molar-refractivity contribution in [2.24, 2.45) is 10.2 Å². The van der Waals surface area contributed by atoms with Gasteiger partial charge in [0.25, 0.3) is 0 Å². The number of hydrogen-bond acceptors (Lipinski definition) is 4. The molecule has 0 saturated heterocycles. The minimum Gasteiger partial charge on any atom is -0.506 e. The molecule has 1 aromatic carbocycles. The third-order valence-corrected chi connectivity index (χ3v) is 3.37. The molecule has 0 spiro atoms. The van der Waals surface area contributed by atoms with E-state index in [-0.39, 0.29) is 5.75 Å². The van der Waals surface area contributed by atoms with E-state index in [0.29, 0.717) is 27.2 Å². The molecule has 21 heavy (non-hydrogen) atoms. The molecule has 2 heterocycles. The average Bonchev–Trinajstić information content (AvgIpc) is 2.75. The van der Waals surface area contributed by atoms with Gasteiger partial charge in [0.2, 0.25) is 0 Å². The summed E-state index contributed by atoms with van der Waals surface area (Å²) < 4.78 is 1.74. The van der Waals surface area contributed by atoms with E-state index in [4.69, 9.17) is 23.2 Å². The Labute approximate surface area is 130 Å². The Balaban J connectivity index is 2.09. The number of nitrogens with zero attached hydrogens (tertiary/aromatic N) is 4. The Hall–Kier alpha value is -2.11. The Morgan fingerprint density at radius 2 is 1.86 bits per heavy atom. The first-order chi connectivity index (χ1) is 10.0. The minimum absolute atomic E-state index is 0.00709. The maximum atomic E-state index is 9.73. The summed E-state index contributed by atoms with van der Waals surface area (Å²) in [6.07, 6.45) is 1.71. The van der Waals surface area contributed by atoms with E-state index in [1.807, 2.05) is 6.92 Å². The molecule has 0 amide bonds.